The predicted molar refractivity (Wildman–Crippen MR) is 107 cm³/mol. The Kier molecular flexibility index (Phi) is 4.45. The highest BCUT2D eigenvalue weighted by Gasteiger charge is 2.53. The lowest BCUT2D eigenvalue weighted by atomic mass is 9.67. The molecule has 152 valence electrons. The maximum atomic E-state index is 13.2. The first-order chi connectivity index (χ1) is 13.5. The Morgan fingerprint density at radius 2 is 1.62 bits per heavy atom. The van der Waals surface area contributed by atoms with Gasteiger partial charge < -0.3 is 4.74 Å². The van der Waals surface area contributed by atoms with Crippen LogP contribution in [0.2, 0.25) is 0 Å². The van der Waals surface area contributed by atoms with Crippen molar-refractivity contribution in [2.24, 2.45) is 11.3 Å². The number of amides is 4. The van der Waals surface area contributed by atoms with Crippen LogP contribution in [0.15, 0.2) is 34.0 Å². The summed E-state index contributed by atoms with van der Waals surface area (Å²) in [5.41, 5.74) is 0.684. The Labute approximate surface area is 176 Å². The van der Waals surface area contributed by atoms with E-state index in [2.05, 4.69) is 15.9 Å². The number of barbiturate groups is 1. The fourth-order valence-electron chi connectivity index (χ4n) is 4.43. The van der Waals surface area contributed by atoms with Crippen molar-refractivity contribution in [1.82, 2.24) is 9.80 Å². The van der Waals surface area contributed by atoms with Crippen molar-refractivity contribution in [3.05, 3.63) is 39.6 Å². The number of hydrogen-bond acceptors (Lipinski definition) is 5. The summed E-state index contributed by atoms with van der Waals surface area (Å²) in [6.45, 7) is 3.97. The molecular weight excluding hydrogens is 440 g/mol. The number of halogens is 1. The van der Waals surface area contributed by atoms with Crippen LogP contribution in [-0.4, -0.2) is 47.5 Å². The quantitative estimate of drug-likeness (QED) is 0.600. The fourth-order valence-corrected chi connectivity index (χ4v) is 4.81. The van der Waals surface area contributed by atoms with Gasteiger partial charge in [-0.25, -0.2) is 4.79 Å². The maximum absolute atomic E-state index is 13.2. The zero-order valence-corrected chi connectivity index (χ0v) is 18.2. The number of carbonyl (C=O) groups is 4. The van der Waals surface area contributed by atoms with Crippen molar-refractivity contribution in [2.45, 2.75) is 32.6 Å². The molecule has 2 heterocycles. The maximum Gasteiger partial charge on any atom is 0.332 e. The topological polar surface area (TPSA) is 84.0 Å². The Bertz CT molecular complexity index is 988. The van der Waals surface area contributed by atoms with Gasteiger partial charge in [-0.3, -0.25) is 24.2 Å². The van der Waals surface area contributed by atoms with E-state index in [1.165, 1.54) is 14.1 Å². The summed E-state index contributed by atoms with van der Waals surface area (Å²) in [5.74, 6) is -2.32. The van der Waals surface area contributed by atoms with Crippen molar-refractivity contribution in [2.75, 3.05) is 14.1 Å². The molecule has 8 heteroatoms. The van der Waals surface area contributed by atoms with Gasteiger partial charge in [0.1, 0.15) is 17.4 Å². The lowest BCUT2D eigenvalue weighted by molar-refractivity contribution is -0.148. The number of allylic oxidation sites excluding steroid dienone is 2. The summed E-state index contributed by atoms with van der Waals surface area (Å²) in [7, 11) is 2.70. The zero-order valence-electron chi connectivity index (χ0n) is 16.6. The monoisotopic (exact) mass is 460 g/mol. The summed E-state index contributed by atoms with van der Waals surface area (Å²) in [5, 5.41) is 0. The third kappa shape index (κ3) is 3.01. The molecule has 1 atom stereocenters. The Balaban J connectivity index is 1.94. The van der Waals surface area contributed by atoms with Crippen LogP contribution in [0.4, 0.5) is 4.79 Å². The van der Waals surface area contributed by atoms with E-state index >= 15 is 0 Å². The molecule has 1 fully saturated rings. The summed E-state index contributed by atoms with van der Waals surface area (Å²) in [4.78, 5) is 53.4. The smallest absolute Gasteiger partial charge is 0.332 e. The highest BCUT2D eigenvalue weighted by Crippen LogP contribution is 2.51. The SMILES string of the molecule is CN1C(=O)C(C2C3=C(CC(C)(C)CC3=O)Oc3ccc(Br)cc32)C(=O)N(C)C1=O. The van der Waals surface area contributed by atoms with Gasteiger partial charge in [0.2, 0.25) is 11.8 Å². The van der Waals surface area contributed by atoms with Gasteiger partial charge in [-0.2, -0.15) is 0 Å². The molecule has 3 aliphatic rings. The minimum Gasteiger partial charge on any atom is -0.461 e. The highest BCUT2D eigenvalue weighted by molar-refractivity contribution is 9.10. The molecule has 0 saturated carbocycles. The van der Waals surface area contributed by atoms with Crippen LogP contribution < -0.4 is 4.74 Å². The van der Waals surface area contributed by atoms with Crippen LogP contribution in [0, 0.1) is 11.3 Å². The molecule has 0 N–H and O–H groups in total. The number of nitrogens with zero attached hydrogens (tertiary/aromatic N) is 2. The molecule has 1 aromatic rings. The van der Waals surface area contributed by atoms with E-state index in [9.17, 15) is 19.2 Å². The molecule has 0 bridgehead atoms. The molecule has 7 nitrogen and oxygen atoms in total. The molecule has 29 heavy (non-hydrogen) atoms. The lowest BCUT2D eigenvalue weighted by Gasteiger charge is -2.42. The first-order valence-corrected chi connectivity index (χ1v) is 10.1. The van der Waals surface area contributed by atoms with Gasteiger partial charge in [-0.15, -0.1) is 0 Å². The van der Waals surface area contributed by atoms with E-state index in [1.54, 1.807) is 12.1 Å². The van der Waals surface area contributed by atoms with Gasteiger partial charge in [-0.1, -0.05) is 29.8 Å². The van der Waals surface area contributed by atoms with Crippen molar-refractivity contribution < 1.29 is 23.9 Å². The second-order valence-electron chi connectivity index (χ2n) is 8.59. The number of imide groups is 2. The standard InChI is InChI=1S/C21H21BrN2O5/c1-21(2)8-12(25)16-14(9-21)29-13-6-5-10(22)7-11(13)15(16)17-18(26)23(3)20(28)24(4)19(17)27/h5-7,15,17H,8-9H2,1-4H3. The molecule has 4 amide bonds. The van der Waals surface area contributed by atoms with Crippen molar-refractivity contribution >= 4 is 39.6 Å². The minimum atomic E-state index is -1.20. The first-order valence-electron chi connectivity index (χ1n) is 9.34. The van der Waals surface area contributed by atoms with E-state index in [0.717, 1.165) is 14.3 Å². The third-order valence-electron chi connectivity index (χ3n) is 5.83. The average Bonchev–Trinajstić information content (AvgIpc) is 2.63. The Hall–Kier alpha value is -2.48. The molecule has 0 radical (unpaired) electrons. The summed E-state index contributed by atoms with van der Waals surface area (Å²) >= 11 is 3.43. The molecule has 1 aromatic carbocycles. The number of rotatable bonds is 1. The summed E-state index contributed by atoms with van der Waals surface area (Å²) < 4.78 is 6.83. The van der Waals surface area contributed by atoms with Gasteiger partial charge in [-0.05, 0) is 23.6 Å². The number of ether oxygens (including phenoxy) is 1. The van der Waals surface area contributed by atoms with Crippen LogP contribution in [-0.2, 0) is 14.4 Å². The second-order valence-corrected chi connectivity index (χ2v) is 9.51. The van der Waals surface area contributed by atoms with Crippen LogP contribution in [0.1, 0.15) is 38.2 Å². The van der Waals surface area contributed by atoms with E-state index in [0.29, 0.717) is 35.5 Å². The number of fused-ring (bicyclic) bond motifs is 1. The van der Waals surface area contributed by atoms with Crippen molar-refractivity contribution in [1.29, 1.82) is 0 Å². The van der Waals surface area contributed by atoms with E-state index < -0.39 is 29.7 Å². The molecular formula is C21H21BrN2O5. The van der Waals surface area contributed by atoms with Crippen LogP contribution in [0.3, 0.4) is 0 Å². The highest BCUT2D eigenvalue weighted by atomic mass is 79.9. The number of hydrogen-bond donors (Lipinski definition) is 0. The second kappa shape index (κ2) is 6.52. The number of benzene rings is 1. The predicted octanol–water partition coefficient (Wildman–Crippen LogP) is 3.23. The zero-order chi connectivity index (χ0) is 21.2. The number of urea groups is 1. The van der Waals surface area contributed by atoms with Gasteiger partial charge in [0.25, 0.3) is 0 Å². The van der Waals surface area contributed by atoms with Crippen LogP contribution in [0.5, 0.6) is 5.75 Å². The molecule has 1 saturated heterocycles. The Morgan fingerprint density at radius 3 is 2.24 bits per heavy atom. The normalized spacial score (nSPS) is 24.5. The van der Waals surface area contributed by atoms with Gasteiger partial charge in [0, 0.05) is 48.5 Å². The molecule has 1 unspecified atom stereocenters. The van der Waals surface area contributed by atoms with Crippen molar-refractivity contribution in [3.8, 4) is 5.75 Å². The van der Waals surface area contributed by atoms with E-state index in [4.69, 9.17) is 4.74 Å². The minimum absolute atomic E-state index is 0.130. The van der Waals surface area contributed by atoms with Crippen molar-refractivity contribution in [3.63, 3.8) is 0 Å². The number of Topliss-reactive ketones (excluding diaryl/α,β-unsaturated/α-hetero) is 1. The Morgan fingerprint density at radius 1 is 1.00 bits per heavy atom. The summed E-state index contributed by atoms with van der Waals surface area (Å²) in [6, 6.07) is 4.67. The summed E-state index contributed by atoms with van der Waals surface area (Å²) in [6.07, 6.45) is 0.828. The van der Waals surface area contributed by atoms with Gasteiger partial charge in [0.15, 0.2) is 5.78 Å². The number of ketones is 1. The fraction of sp³-hybridized carbons (Fsp3) is 0.429. The lowest BCUT2D eigenvalue weighted by Crippen LogP contribution is -2.59. The molecule has 0 aromatic heterocycles. The van der Waals surface area contributed by atoms with Gasteiger partial charge >= 0.3 is 6.03 Å². The molecule has 4 rings (SSSR count). The van der Waals surface area contributed by atoms with E-state index in [-0.39, 0.29) is 11.2 Å². The van der Waals surface area contributed by atoms with Gasteiger partial charge in [0.05, 0.1) is 0 Å². The third-order valence-corrected chi connectivity index (χ3v) is 6.32. The largest absolute Gasteiger partial charge is 0.461 e. The first kappa shape index (κ1) is 19.8. The molecule has 2 aliphatic heterocycles. The average molecular weight is 461 g/mol. The van der Waals surface area contributed by atoms with Crippen LogP contribution in [0.25, 0.3) is 0 Å². The molecule has 0 spiro atoms. The van der Waals surface area contributed by atoms with Crippen LogP contribution >= 0.6 is 15.9 Å². The molecule has 1 aliphatic carbocycles. The number of carbonyl (C=O) groups excluding carboxylic acids is 4. The van der Waals surface area contributed by atoms with E-state index in [1.807, 2.05) is 19.9 Å².